The number of halogens is 5. The molecule has 1 nitrogen and oxygen atoms in total. The van der Waals surface area contributed by atoms with Crippen LogP contribution in [0.25, 0.3) is 22.4 Å². The van der Waals surface area contributed by atoms with Gasteiger partial charge in [0, 0.05) is 11.8 Å². The van der Waals surface area contributed by atoms with Crippen LogP contribution in [0, 0.1) is 35.0 Å². The van der Waals surface area contributed by atoms with Gasteiger partial charge in [-0.3, -0.25) is 4.98 Å². The molecule has 158 valence electrons. The summed E-state index contributed by atoms with van der Waals surface area (Å²) in [6.45, 7) is 4.33. The lowest BCUT2D eigenvalue weighted by molar-refractivity contribution is 0.381. The maximum absolute atomic E-state index is 14.2. The Kier molecular flexibility index (Phi) is 6.85. The summed E-state index contributed by atoms with van der Waals surface area (Å²) >= 11 is 0. The average molecular weight is 419 g/mol. The van der Waals surface area contributed by atoms with Gasteiger partial charge in [0.25, 0.3) is 0 Å². The Balaban J connectivity index is 1.97. The molecule has 0 spiro atoms. The topological polar surface area (TPSA) is 12.9 Å². The SMILES string of the molecule is CCCCC(C)Cc1cccc(-c2cc(-c3c(F)c(F)c(F)c(F)c3F)ccn2)c1. The van der Waals surface area contributed by atoms with Crippen molar-refractivity contribution in [2.75, 3.05) is 0 Å². The molecule has 3 rings (SSSR count). The number of aromatic nitrogens is 1. The van der Waals surface area contributed by atoms with Crippen molar-refractivity contribution in [3.8, 4) is 22.4 Å². The minimum atomic E-state index is -2.17. The van der Waals surface area contributed by atoms with Gasteiger partial charge in [0.2, 0.25) is 5.82 Å². The van der Waals surface area contributed by atoms with Crippen LogP contribution in [0.1, 0.15) is 38.7 Å². The first-order chi connectivity index (χ1) is 14.3. The second kappa shape index (κ2) is 9.37. The number of nitrogens with zero attached hydrogens (tertiary/aromatic N) is 1. The summed E-state index contributed by atoms with van der Waals surface area (Å²) in [4.78, 5) is 4.22. The molecule has 0 aliphatic rings. The average Bonchev–Trinajstić information content (AvgIpc) is 2.75. The number of hydrogen-bond donors (Lipinski definition) is 0. The molecule has 0 amide bonds. The van der Waals surface area contributed by atoms with Gasteiger partial charge in [-0.1, -0.05) is 51.3 Å². The maximum atomic E-state index is 14.2. The first-order valence-corrected chi connectivity index (χ1v) is 9.90. The standard InChI is InChI=1S/C24H22F5N/c1-3-4-6-14(2)11-15-7-5-8-16(12-15)18-13-17(9-10-30-18)19-20(25)22(27)24(29)23(28)21(19)26/h5,7-10,12-14H,3-4,6,11H2,1-2H3. The molecule has 6 heteroatoms. The minimum Gasteiger partial charge on any atom is -0.256 e. The van der Waals surface area contributed by atoms with E-state index < -0.39 is 34.6 Å². The van der Waals surface area contributed by atoms with Crippen LogP contribution in [0.2, 0.25) is 0 Å². The number of unbranched alkanes of at least 4 members (excludes halogenated alkanes) is 1. The van der Waals surface area contributed by atoms with Crippen molar-refractivity contribution in [3.63, 3.8) is 0 Å². The van der Waals surface area contributed by atoms with Crippen LogP contribution < -0.4 is 0 Å². The largest absolute Gasteiger partial charge is 0.256 e. The van der Waals surface area contributed by atoms with Crippen LogP contribution in [0.15, 0.2) is 42.6 Å². The summed E-state index contributed by atoms with van der Waals surface area (Å²) < 4.78 is 68.9. The number of pyridine rings is 1. The quantitative estimate of drug-likeness (QED) is 0.220. The molecule has 0 N–H and O–H groups in total. The lowest BCUT2D eigenvalue weighted by Gasteiger charge is -2.12. The molecule has 0 aliphatic heterocycles. The summed E-state index contributed by atoms with van der Waals surface area (Å²) in [5.41, 5.74) is 1.11. The van der Waals surface area contributed by atoms with E-state index in [-0.39, 0.29) is 5.56 Å². The molecule has 1 unspecified atom stereocenters. The van der Waals surface area contributed by atoms with Gasteiger partial charge in [-0.15, -0.1) is 0 Å². The fourth-order valence-corrected chi connectivity index (χ4v) is 3.52. The summed E-state index contributed by atoms with van der Waals surface area (Å²) in [7, 11) is 0. The summed E-state index contributed by atoms with van der Waals surface area (Å²) in [6, 6.07) is 10.2. The van der Waals surface area contributed by atoms with Crippen molar-refractivity contribution < 1.29 is 22.0 Å². The summed E-state index contributed by atoms with van der Waals surface area (Å²) in [5.74, 6) is -9.32. The molecule has 2 aromatic carbocycles. The lowest BCUT2D eigenvalue weighted by atomic mass is 9.94. The van der Waals surface area contributed by atoms with E-state index in [0.717, 1.165) is 31.2 Å². The molecule has 0 aliphatic carbocycles. The van der Waals surface area contributed by atoms with Crippen molar-refractivity contribution in [2.45, 2.75) is 39.5 Å². The second-order valence-corrected chi connectivity index (χ2v) is 7.53. The Morgan fingerprint density at radius 1 is 0.833 bits per heavy atom. The zero-order chi connectivity index (χ0) is 21.8. The fourth-order valence-electron chi connectivity index (χ4n) is 3.52. The molecule has 0 saturated heterocycles. The third-order valence-corrected chi connectivity index (χ3v) is 5.12. The van der Waals surface area contributed by atoms with Crippen molar-refractivity contribution in [1.82, 2.24) is 4.98 Å². The number of benzene rings is 2. The van der Waals surface area contributed by atoms with Gasteiger partial charge in [0.1, 0.15) is 0 Å². The first kappa shape index (κ1) is 21.9. The van der Waals surface area contributed by atoms with Crippen LogP contribution in [0.5, 0.6) is 0 Å². The highest BCUT2D eigenvalue weighted by Gasteiger charge is 2.26. The molecule has 1 atom stereocenters. The van der Waals surface area contributed by atoms with Gasteiger partial charge in [0.05, 0.1) is 11.3 Å². The molecule has 1 aromatic heterocycles. The Morgan fingerprint density at radius 3 is 2.17 bits per heavy atom. The van der Waals surface area contributed by atoms with Crippen molar-refractivity contribution in [1.29, 1.82) is 0 Å². The molecule has 30 heavy (non-hydrogen) atoms. The normalized spacial score (nSPS) is 12.2. The van der Waals surface area contributed by atoms with E-state index in [1.165, 1.54) is 18.3 Å². The van der Waals surface area contributed by atoms with E-state index in [0.29, 0.717) is 17.2 Å². The van der Waals surface area contributed by atoms with Gasteiger partial charge < -0.3 is 0 Å². The van der Waals surface area contributed by atoms with Crippen molar-refractivity contribution in [2.24, 2.45) is 5.92 Å². The summed E-state index contributed by atoms with van der Waals surface area (Å²) in [5, 5.41) is 0. The van der Waals surface area contributed by atoms with E-state index in [2.05, 4.69) is 18.8 Å². The van der Waals surface area contributed by atoms with E-state index in [1.807, 2.05) is 18.2 Å². The predicted octanol–water partition coefficient (Wildman–Crippen LogP) is 7.48. The predicted molar refractivity (Wildman–Crippen MR) is 107 cm³/mol. The van der Waals surface area contributed by atoms with Crippen LogP contribution in [0.4, 0.5) is 22.0 Å². The van der Waals surface area contributed by atoms with Crippen LogP contribution >= 0.6 is 0 Å². The fraction of sp³-hybridized carbons (Fsp3) is 0.292. The third kappa shape index (κ3) is 4.53. The first-order valence-electron chi connectivity index (χ1n) is 9.90. The number of rotatable bonds is 7. The van der Waals surface area contributed by atoms with Gasteiger partial charge in [-0.2, -0.15) is 0 Å². The van der Waals surface area contributed by atoms with Crippen molar-refractivity contribution >= 4 is 0 Å². The number of hydrogen-bond acceptors (Lipinski definition) is 1. The highest BCUT2D eigenvalue weighted by molar-refractivity contribution is 5.71. The van der Waals surface area contributed by atoms with Gasteiger partial charge >= 0.3 is 0 Å². The molecule has 0 fully saturated rings. The molecular weight excluding hydrogens is 397 g/mol. The Bertz CT molecular complexity index is 1020. The van der Waals surface area contributed by atoms with E-state index >= 15 is 0 Å². The van der Waals surface area contributed by atoms with Crippen LogP contribution in [-0.4, -0.2) is 4.98 Å². The smallest absolute Gasteiger partial charge is 0.200 e. The molecule has 0 bridgehead atoms. The molecular formula is C24H22F5N. The molecule has 0 saturated carbocycles. The van der Waals surface area contributed by atoms with Crippen LogP contribution in [-0.2, 0) is 6.42 Å². The van der Waals surface area contributed by atoms with E-state index in [1.54, 1.807) is 6.07 Å². The lowest BCUT2D eigenvalue weighted by Crippen LogP contribution is -2.04. The monoisotopic (exact) mass is 419 g/mol. The van der Waals surface area contributed by atoms with Crippen molar-refractivity contribution in [3.05, 3.63) is 77.2 Å². The molecule has 1 heterocycles. The third-order valence-electron chi connectivity index (χ3n) is 5.12. The Morgan fingerprint density at radius 2 is 1.50 bits per heavy atom. The minimum absolute atomic E-state index is 0.130. The van der Waals surface area contributed by atoms with Gasteiger partial charge in [0.15, 0.2) is 23.3 Å². The zero-order valence-electron chi connectivity index (χ0n) is 16.8. The summed E-state index contributed by atoms with van der Waals surface area (Å²) in [6.07, 6.45) is 5.59. The highest BCUT2D eigenvalue weighted by Crippen LogP contribution is 2.33. The molecule has 3 aromatic rings. The maximum Gasteiger partial charge on any atom is 0.200 e. The molecule has 0 radical (unpaired) electrons. The van der Waals surface area contributed by atoms with E-state index in [9.17, 15) is 22.0 Å². The zero-order valence-corrected chi connectivity index (χ0v) is 16.8. The van der Waals surface area contributed by atoms with Gasteiger partial charge in [-0.25, -0.2) is 22.0 Å². The van der Waals surface area contributed by atoms with E-state index in [4.69, 9.17) is 0 Å². The highest BCUT2D eigenvalue weighted by atomic mass is 19.2. The van der Waals surface area contributed by atoms with Crippen LogP contribution in [0.3, 0.4) is 0 Å². The van der Waals surface area contributed by atoms with Gasteiger partial charge in [-0.05, 0) is 41.7 Å². The second-order valence-electron chi connectivity index (χ2n) is 7.53. The Hall–Kier alpha value is -2.76. The Labute approximate surface area is 172 Å².